The van der Waals surface area contributed by atoms with Crippen LogP contribution in [0.3, 0.4) is 0 Å². The molecule has 150 valence electrons. The van der Waals surface area contributed by atoms with E-state index in [9.17, 15) is 4.79 Å². The number of amides is 1. The number of carbonyl (C=O) groups is 1. The summed E-state index contributed by atoms with van der Waals surface area (Å²) in [5, 5.41) is 0. The van der Waals surface area contributed by atoms with E-state index >= 15 is 0 Å². The highest BCUT2D eigenvalue weighted by atomic mass is 16.5. The Morgan fingerprint density at radius 3 is 2.59 bits per heavy atom. The van der Waals surface area contributed by atoms with Gasteiger partial charge >= 0.3 is 0 Å². The molecule has 3 aliphatic rings. The Labute approximate surface area is 161 Å². The molecule has 3 fully saturated rings. The third-order valence-corrected chi connectivity index (χ3v) is 5.65. The zero-order valence-corrected chi connectivity index (χ0v) is 16.1. The Morgan fingerprint density at radius 1 is 0.963 bits per heavy atom. The first-order valence-electron chi connectivity index (χ1n) is 10.3. The second kappa shape index (κ2) is 9.19. The average Bonchev–Trinajstić information content (AvgIpc) is 3.31. The van der Waals surface area contributed by atoms with Gasteiger partial charge in [0, 0.05) is 39.3 Å². The van der Waals surface area contributed by atoms with E-state index in [4.69, 9.17) is 13.9 Å². The number of likely N-dealkylation sites (tertiary alicyclic amines) is 1. The number of morpholine rings is 1. The maximum absolute atomic E-state index is 13.0. The van der Waals surface area contributed by atoms with Crippen molar-refractivity contribution in [3.05, 3.63) is 23.7 Å². The quantitative estimate of drug-likeness (QED) is 0.774. The molecule has 3 aliphatic heterocycles. The smallest absolute Gasteiger partial charge is 0.289 e. The molecule has 1 amide bonds. The summed E-state index contributed by atoms with van der Waals surface area (Å²) < 4.78 is 17.3. The van der Waals surface area contributed by atoms with Gasteiger partial charge in [0.1, 0.15) is 5.76 Å². The van der Waals surface area contributed by atoms with Crippen molar-refractivity contribution in [3.63, 3.8) is 0 Å². The van der Waals surface area contributed by atoms with Gasteiger partial charge in [0.25, 0.3) is 5.91 Å². The van der Waals surface area contributed by atoms with Crippen LogP contribution in [0.4, 0.5) is 0 Å². The van der Waals surface area contributed by atoms with E-state index in [1.54, 1.807) is 0 Å². The average molecular weight is 377 g/mol. The first-order valence-corrected chi connectivity index (χ1v) is 10.3. The summed E-state index contributed by atoms with van der Waals surface area (Å²) in [6.45, 7) is 9.38. The molecule has 3 saturated heterocycles. The number of rotatable bonds is 5. The Hall–Kier alpha value is -1.41. The molecule has 1 aromatic heterocycles. The van der Waals surface area contributed by atoms with Crippen molar-refractivity contribution in [2.75, 3.05) is 65.6 Å². The summed E-state index contributed by atoms with van der Waals surface area (Å²) in [5.74, 6) is 1.33. The molecule has 0 aliphatic carbocycles. The van der Waals surface area contributed by atoms with E-state index in [0.717, 1.165) is 71.2 Å². The van der Waals surface area contributed by atoms with Crippen molar-refractivity contribution in [3.8, 4) is 0 Å². The molecular formula is C20H31N3O4. The van der Waals surface area contributed by atoms with E-state index in [1.165, 1.54) is 12.8 Å². The van der Waals surface area contributed by atoms with E-state index in [-0.39, 0.29) is 12.0 Å². The van der Waals surface area contributed by atoms with Gasteiger partial charge in [-0.2, -0.15) is 0 Å². The molecular weight excluding hydrogens is 346 g/mol. The Bertz CT molecular complexity index is 608. The molecule has 0 radical (unpaired) electrons. The van der Waals surface area contributed by atoms with Gasteiger partial charge in [0.15, 0.2) is 5.76 Å². The minimum atomic E-state index is -0.0138. The fourth-order valence-corrected chi connectivity index (χ4v) is 4.16. The first-order chi connectivity index (χ1) is 13.3. The van der Waals surface area contributed by atoms with Crippen LogP contribution in [0, 0.1) is 0 Å². The summed E-state index contributed by atoms with van der Waals surface area (Å²) in [7, 11) is 0. The van der Waals surface area contributed by atoms with Gasteiger partial charge in [0.2, 0.25) is 0 Å². The van der Waals surface area contributed by atoms with Crippen LogP contribution in [0.1, 0.15) is 35.6 Å². The molecule has 0 bridgehead atoms. The third kappa shape index (κ3) is 5.10. The number of furan rings is 1. The fraction of sp³-hybridized carbons (Fsp3) is 0.750. The van der Waals surface area contributed by atoms with Crippen molar-refractivity contribution >= 4 is 5.91 Å². The minimum absolute atomic E-state index is 0.0138. The molecule has 0 spiro atoms. The molecule has 1 atom stereocenters. The zero-order chi connectivity index (χ0) is 18.5. The molecule has 7 nitrogen and oxygen atoms in total. The second-order valence-electron chi connectivity index (χ2n) is 7.76. The van der Waals surface area contributed by atoms with Crippen LogP contribution in [-0.2, 0) is 16.0 Å². The van der Waals surface area contributed by atoms with Gasteiger partial charge in [0.05, 0.1) is 25.9 Å². The standard InChI is InChI=1S/C20H31N3O4/c24-20(19-5-4-17(27-19)14-21-6-1-2-7-21)23-8-3-11-26-18(16-23)15-22-9-12-25-13-10-22/h4-5,18H,1-3,6-16H2/t18-/m0/s1. The van der Waals surface area contributed by atoms with Gasteiger partial charge in [-0.3, -0.25) is 14.6 Å². The topological polar surface area (TPSA) is 58.4 Å². The predicted molar refractivity (Wildman–Crippen MR) is 101 cm³/mol. The van der Waals surface area contributed by atoms with Gasteiger partial charge < -0.3 is 18.8 Å². The van der Waals surface area contributed by atoms with Gasteiger partial charge in [-0.05, 0) is 44.5 Å². The van der Waals surface area contributed by atoms with Crippen molar-refractivity contribution in [2.24, 2.45) is 0 Å². The van der Waals surface area contributed by atoms with Gasteiger partial charge in [-0.1, -0.05) is 0 Å². The summed E-state index contributed by atoms with van der Waals surface area (Å²) in [6.07, 6.45) is 3.43. The Kier molecular flexibility index (Phi) is 6.44. The predicted octanol–water partition coefficient (Wildman–Crippen LogP) is 1.44. The summed E-state index contributed by atoms with van der Waals surface area (Å²) in [4.78, 5) is 19.6. The number of hydrogen-bond acceptors (Lipinski definition) is 6. The van der Waals surface area contributed by atoms with Crippen LogP contribution >= 0.6 is 0 Å². The molecule has 7 heteroatoms. The highest BCUT2D eigenvalue weighted by molar-refractivity contribution is 5.91. The van der Waals surface area contributed by atoms with Gasteiger partial charge in [-0.25, -0.2) is 0 Å². The molecule has 27 heavy (non-hydrogen) atoms. The lowest BCUT2D eigenvalue weighted by Crippen LogP contribution is -2.45. The van der Waals surface area contributed by atoms with Crippen LogP contribution in [0.15, 0.2) is 16.5 Å². The van der Waals surface area contributed by atoms with Crippen LogP contribution in [0.5, 0.6) is 0 Å². The molecule has 1 aromatic rings. The third-order valence-electron chi connectivity index (χ3n) is 5.65. The molecule has 4 rings (SSSR count). The van der Waals surface area contributed by atoms with Crippen molar-refractivity contribution in [1.82, 2.24) is 14.7 Å². The summed E-state index contributed by atoms with van der Waals surface area (Å²) >= 11 is 0. The molecule has 0 unspecified atom stereocenters. The number of hydrogen-bond donors (Lipinski definition) is 0. The SMILES string of the molecule is O=C(c1ccc(CN2CCCC2)o1)N1CCCO[C@@H](CN2CCOCC2)C1. The Balaban J connectivity index is 1.34. The minimum Gasteiger partial charge on any atom is -0.455 e. The molecule has 4 heterocycles. The second-order valence-corrected chi connectivity index (χ2v) is 7.76. The lowest BCUT2D eigenvalue weighted by molar-refractivity contribution is -0.0114. The van der Waals surface area contributed by atoms with Crippen LogP contribution in [0.2, 0.25) is 0 Å². The molecule has 0 aromatic carbocycles. The zero-order valence-electron chi connectivity index (χ0n) is 16.1. The highest BCUT2D eigenvalue weighted by Crippen LogP contribution is 2.18. The van der Waals surface area contributed by atoms with Crippen molar-refractivity contribution in [2.45, 2.75) is 31.9 Å². The summed E-state index contributed by atoms with van der Waals surface area (Å²) in [6, 6.07) is 3.78. The normalized spacial score (nSPS) is 25.6. The van der Waals surface area contributed by atoms with Crippen molar-refractivity contribution in [1.29, 1.82) is 0 Å². The Morgan fingerprint density at radius 2 is 1.78 bits per heavy atom. The number of carbonyl (C=O) groups excluding carboxylic acids is 1. The van der Waals surface area contributed by atoms with E-state index < -0.39 is 0 Å². The van der Waals surface area contributed by atoms with Crippen LogP contribution < -0.4 is 0 Å². The maximum Gasteiger partial charge on any atom is 0.289 e. The molecule has 0 saturated carbocycles. The summed E-state index contributed by atoms with van der Waals surface area (Å²) in [5.41, 5.74) is 0. The lowest BCUT2D eigenvalue weighted by atomic mass is 10.2. The van der Waals surface area contributed by atoms with Crippen LogP contribution in [-0.4, -0.2) is 92.3 Å². The van der Waals surface area contributed by atoms with Crippen molar-refractivity contribution < 1.29 is 18.7 Å². The largest absolute Gasteiger partial charge is 0.455 e. The number of ether oxygens (including phenoxy) is 2. The first kappa shape index (κ1) is 18.9. The number of nitrogens with zero attached hydrogens (tertiary/aromatic N) is 3. The van der Waals surface area contributed by atoms with E-state index in [0.29, 0.717) is 18.9 Å². The molecule has 0 N–H and O–H groups in total. The maximum atomic E-state index is 13.0. The fourth-order valence-electron chi connectivity index (χ4n) is 4.16. The lowest BCUT2D eigenvalue weighted by Gasteiger charge is -2.31. The van der Waals surface area contributed by atoms with Crippen LogP contribution in [0.25, 0.3) is 0 Å². The van der Waals surface area contributed by atoms with E-state index in [2.05, 4.69) is 9.80 Å². The highest BCUT2D eigenvalue weighted by Gasteiger charge is 2.27. The monoisotopic (exact) mass is 377 g/mol. The van der Waals surface area contributed by atoms with Gasteiger partial charge in [-0.15, -0.1) is 0 Å². The van der Waals surface area contributed by atoms with E-state index in [1.807, 2.05) is 17.0 Å².